The molecule has 88 valence electrons. The van der Waals surface area contributed by atoms with Gasteiger partial charge >= 0.3 is 0 Å². The van der Waals surface area contributed by atoms with E-state index in [2.05, 4.69) is 15.9 Å². The van der Waals surface area contributed by atoms with Gasteiger partial charge in [0.2, 0.25) is 0 Å². The number of hydrogen-bond donors (Lipinski definition) is 0. The van der Waals surface area contributed by atoms with Crippen molar-refractivity contribution < 1.29 is 8.78 Å². The van der Waals surface area contributed by atoms with Gasteiger partial charge in [0.1, 0.15) is 11.6 Å². The quantitative estimate of drug-likeness (QED) is 0.701. The fraction of sp³-hybridized carbons (Fsp3) is 0.143. The SMILES string of the molecule is Cc1ccc(C(Br)c2ccc(F)cc2F)cc1. The minimum atomic E-state index is -0.560. The first-order valence-corrected chi connectivity index (χ1v) is 6.15. The van der Waals surface area contributed by atoms with Gasteiger partial charge in [-0.25, -0.2) is 8.78 Å². The summed E-state index contributed by atoms with van der Waals surface area (Å²) in [5.41, 5.74) is 2.53. The zero-order valence-corrected chi connectivity index (χ0v) is 10.8. The lowest BCUT2D eigenvalue weighted by atomic mass is 10.0. The zero-order chi connectivity index (χ0) is 12.4. The van der Waals surface area contributed by atoms with Gasteiger partial charge in [0.25, 0.3) is 0 Å². The number of hydrogen-bond acceptors (Lipinski definition) is 0. The van der Waals surface area contributed by atoms with Crippen LogP contribution >= 0.6 is 15.9 Å². The Labute approximate surface area is 107 Å². The Hall–Kier alpha value is -1.22. The zero-order valence-electron chi connectivity index (χ0n) is 9.25. The average molecular weight is 297 g/mol. The van der Waals surface area contributed by atoms with Gasteiger partial charge in [0, 0.05) is 11.6 Å². The summed E-state index contributed by atoms with van der Waals surface area (Å²) in [5, 5.41) is 0. The number of halogens is 3. The van der Waals surface area contributed by atoms with Crippen LogP contribution < -0.4 is 0 Å². The van der Waals surface area contributed by atoms with Gasteiger partial charge in [-0.2, -0.15) is 0 Å². The molecule has 1 unspecified atom stereocenters. The lowest BCUT2D eigenvalue weighted by Crippen LogP contribution is -1.97. The molecule has 2 aromatic carbocycles. The third kappa shape index (κ3) is 2.72. The van der Waals surface area contributed by atoms with Crippen LogP contribution in [-0.2, 0) is 0 Å². The highest BCUT2D eigenvalue weighted by Gasteiger charge is 2.15. The predicted octanol–water partition coefficient (Wildman–Crippen LogP) is 4.76. The fourth-order valence-corrected chi connectivity index (χ4v) is 2.30. The van der Waals surface area contributed by atoms with Crippen molar-refractivity contribution in [3.8, 4) is 0 Å². The molecule has 0 saturated carbocycles. The van der Waals surface area contributed by atoms with E-state index in [4.69, 9.17) is 0 Å². The Bertz CT molecular complexity index is 520. The number of rotatable bonds is 2. The second kappa shape index (κ2) is 4.96. The monoisotopic (exact) mass is 296 g/mol. The Balaban J connectivity index is 2.36. The van der Waals surface area contributed by atoms with Crippen molar-refractivity contribution in [1.29, 1.82) is 0 Å². The van der Waals surface area contributed by atoms with Crippen LogP contribution in [0.3, 0.4) is 0 Å². The van der Waals surface area contributed by atoms with E-state index in [-0.39, 0.29) is 4.83 Å². The molecular formula is C14H11BrF2. The summed E-state index contributed by atoms with van der Waals surface area (Å²) >= 11 is 3.43. The standard InChI is InChI=1S/C14H11BrF2/c1-9-2-4-10(5-3-9)14(15)12-7-6-11(16)8-13(12)17/h2-8,14H,1H3. The van der Waals surface area contributed by atoms with E-state index in [1.54, 1.807) is 0 Å². The Kier molecular flexibility index (Phi) is 3.57. The number of benzene rings is 2. The molecule has 0 fully saturated rings. The van der Waals surface area contributed by atoms with Gasteiger partial charge < -0.3 is 0 Å². The van der Waals surface area contributed by atoms with Crippen molar-refractivity contribution in [3.63, 3.8) is 0 Å². The van der Waals surface area contributed by atoms with Crippen LogP contribution in [-0.4, -0.2) is 0 Å². The first kappa shape index (κ1) is 12.2. The maximum atomic E-state index is 13.6. The predicted molar refractivity (Wildman–Crippen MR) is 68.3 cm³/mol. The lowest BCUT2D eigenvalue weighted by Gasteiger charge is -2.12. The summed E-state index contributed by atoms with van der Waals surface area (Å²) in [4.78, 5) is -0.260. The van der Waals surface area contributed by atoms with Crippen molar-refractivity contribution in [2.45, 2.75) is 11.8 Å². The molecule has 0 aromatic heterocycles. The van der Waals surface area contributed by atoms with E-state index >= 15 is 0 Å². The number of alkyl halides is 1. The highest BCUT2D eigenvalue weighted by Crippen LogP contribution is 2.32. The highest BCUT2D eigenvalue weighted by molar-refractivity contribution is 9.09. The molecule has 1 atom stereocenters. The van der Waals surface area contributed by atoms with Crippen LogP contribution in [0.2, 0.25) is 0 Å². The molecule has 0 saturated heterocycles. The maximum absolute atomic E-state index is 13.6. The van der Waals surface area contributed by atoms with Crippen LogP contribution in [0.25, 0.3) is 0 Å². The Morgan fingerprint density at radius 1 is 1.00 bits per heavy atom. The molecule has 2 rings (SSSR count). The van der Waals surface area contributed by atoms with Crippen LogP contribution in [0.1, 0.15) is 21.5 Å². The molecule has 3 heteroatoms. The van der Waals surface area contributed by atoms with Gasteiger partial charge in [0.05, 0.1) is 4.83 Å². The summed E-state index contributed by atoms with van der Waals surface area (Å²) in [6.45, 7) is 1.99. The van der Waals surface area contributed by atoms with Gasteiger partial charge in [0.15, 0.2) is 0 Å². The van der Waals surface area contributed by atoms with Gasteiger partial charge in [-0.3, -0.25) is 0 Å². The van der Waals surface area contributed by atoms with Crippen LogP contribution in [0.4, 0.5) is 8.78 Å². The van der Waals surface area contributed by atoms with E-state index in [1.165, 1.54) is 12.1 Å². The minimum Gasteiger partial charge on any atom is -0.207 e. The van der Waals surface area contributed by atoms with Crippen LogP contribution in [0.5, 0.6) is 0 Å². The van der Waals surface area contributed by atoms with Crippen molar-refractivity contribution in [3.05, 3.63) is 70.8 Å². The van der Waals surface area contributed by atoms with Crippen LogP contribution in [0.15, 0.2) is 42.5 Å². The molecular weight excluding hydrogens is 286 g/mol. The smallest absolute Gasteiger partial charge is 0.130 e. The molecule has 0 bridgehead atoms. The Morgan fingerprint density at radius 2 is 1.65 bits per heavy atom. The molecule has 0 N–H and O–H groups in total. The van der Waals surface area contributed by atoms with E-state index in [0.29, 0.717) is 5.56 Å². The summed E-state index contributed by atoms with van der Waals surface area (Å²) in [7, 11) is 0. The van der Waals surface area contributed by atoms with E-state index in [0.717, 1.165) is 17.2 Å². The average Bonchev–Trinajstić information content (AvgIpc) is 2.29. The number of aryl methyl sites for hydroxylation is 1. The van der Waals surface area contributed by atoms with Gasteiger partial charge in [-0.1, -0.05) is 51.8 Å². The highest BCUT2D eigenvalue weighted by atomic mass is 79.9. The normalized spacial score (nSPS) is 12.5. The second-order valence-electron chi connectivity index (χ2n) is 3.94. The summed E-state index contributed by atoms with van der Waals surface area (Å²) in [6, 6.07) is 11.4. The molecule has 0 spiro atoms. The molecule has 0 heterocycles. The molecule has 0 aliphatic carbocycles. The van der Waals surface area contributed by atoms with Gasteiger partial charge in [-0.05, 0) is 18.6 Å². The molecule has 0 aliphatic heterocycles. The third-order valence-corrected chi connectivity index (χ3v) is 3.63. The lowest BCUT2D eigenvalue weighted by molar-refractivity contribution is 0.574. The molecule has 0 nitrogen and oxygen atoms in total. The largest absolute Gasteiger partial charge is 0.207 e. The second-order valence-corrected chi connectivity index (χ2v) is 4.85. The molecule has 17 heavy (non-hydrogen) atoms. The first-order valence-electron chi connectivity index (χ1n) is 5.23. The fourth-order valence-electron chi connectivity index (χ4n) is 1.62. The summed E-state index contributed by atoms with van der Waals surface area (Å²) in [6.07, 6.45) is 0. The molecule has 0 amide bonds. The topological polar surface area (TPSA) is 0 Å². The molecule has 2 aromatic rings. The summed E-state index contributed by atoms with van der Waals surface area (Å²) in [5.74, 6) is -1.10. The van der Waals surface area contributed by atoms with E-state index < -0.39 is 11.6 Å². The third-order valence-electron chi connectivity index (χ3n) is 2.61. The van der Waals surface area contributed by atoms with E-state index in [1.807, 2.05) is 31.2 Å². The molecule has 0 radical (unpaired) electrons. The van der Waals surface area contributed by atoms with Crippen LogP contribution in [0, 0.1) is 18.6 Å². The van der Waals surface area contributed by atoms with Crippen molar-refractivity contribution in [2.24, 2.45) is 0 Å². The van der Waals surface area contributed by atoms with E-state index in [9.17, 15) is 8.78 Å². The van der Waals surface area contributed by atoms with Crippen molar-refractivity contribution in [1.82, 2.24) is 0 Å². The van der Waals surface area contributed by atoms with Crippen molar-refractivity contribution >= 4 is 15.9 Å². The van der Waals surface area contributed by atoms with Crippen molar-refractivity contribution in [2.75, 3.05) is 0 Å². The maximum Gasteiger partial charge on any atom is 0.130 e. The summed E-state index contributed by atoms with van der Waals surface area (Å²) < 4.78 is 26.4. The van der Waals surface area contributed by atoms with Gasteiger partial charge in [-0.15, -0.1) is 0 Å². The Morgan fingerprint density at radius 3 is 2.24 bits per heavy atom. The minimum absolute atomic E-state index is 0.260. The first-order chi connectivity index (χ1) is 8.08. The molecule has 0 aliphatic rings.